The Morgan fingerprint density at radius 1 is 1.62 bits per heavy atom. The summed E-state index contributed by atoms with van der Waals surface area (Å²) in [6, 6.07) is 0. The number of rotatable bonds is 2. The van der Waals surface area contributed by atoms with Gasteiger partial charge in [0.05, 0.1) is 6.54 Å². The van der Waals surface area contributed by atoms with Crippen LogP contribution in [0.2, 0.25) is 0 Å². The zero-order chi connectivity index (χ0) is 6.62. The first-order valence-electron chi connectivity index (χ1n) is 2.34. The number of hydrogen-bond acceptors (Lipinski definition) is 1. The van der Waals surface area contributed by atoms with Crippen LogP contribution in [0.3, 0.4) is 0 Å². The summed E-state index contributed by atoms with van der Waals surface area (Å²) in [5, 5.41) is 0. The second-order valence-corrected chi connectivity index (χ2v) is 1.47. The summed E-state index contributed by atoms with van der Waals surface area (Å²) in [5.74, 6) is -2.81. The molecule has 1 nitrogen and oxygen atoms in total. The minimum Gasteiger partial charge on any atom is -0.325 e. The molecule has 0 rings (SSSR count). The van der Waals surface area contributed by atoms with Crippen LogP contribution in [0.1, 0.15) is 6.92 Å². The first-order valence-corrected chi connectivity index (χ1v) is 2.34. The molecule has 3 heteroatoms. The highest BCUT2D eigenvalue weighted by atomic mass is 19.3. The van der Waals surface area contributed by atoms with Crippen LogP contribution >= 0.6 is 0 Å². The SMILES string of the molecule is C/C=C/C(F)(F)CN. The second kappa shape index (κ2) is 2.77. The fourth-order valence-electron chi connectivity index (χ4n) is 0.312. The van der Waals surface area contributed by atoms with Crippen molar-refractivity contribution in [1.82, 2.24) is 0 Å². The van der Waals surface area contributed by atoms with E-state index in [0.717, 1.165) is 6.08 Å². The second-order valence-electron chi connectivity index (χ2n) is 1.47. The molecule has 0 aliphatic rings. The van der Waals surface area contributed by atoms with E-state index in [2.05, 4.69) is 0 Å². The first-order chi connectivity index (χ1) is 3.62. The molecular weight excluding hydrogens is 112 g/mol. The van der Waals surface area contributed by atoms with E-state index in [-0.39, 0.29) is 0 Å². The molecule has 0 saturated carbocycles. The fourth-order valence-corrected chi connectivity index (χ4v) is 0.312. The Morgan fingerprint density at radius 3 is 2.25 bits per heavy atom. The van der Waals surface area contributed by atoms with Gasteiger partial charge in [-0.1, -0.05) is 6.08 Å². The molecule has 0 heterocycles. The van der Waals surface area contributed by atoms with Crippen LogP contribution < -0.4 is 5.73 Å². The van der Waals surface area contributed by atoms with Crippen molar-refractivity contribution in [1.29, 1.82) is 0 Å². The van der Waals surface area contributed by atoms with Gasteiger partial charge in [0.25, 0.3) is 5.92 Å². The van der Waals surface area contributed by atoms with Crippen molar-refractivity contribution < 1.29 is 8.78 Å². The number of halogens is 2. The van der Waals surface area contributed by atoms with Gasteiger partial charge in [0, 0.05) is 0 Å². The van der Waals surface area contributed by atoms with Gasteiger partial charge in [0.15, 0.2) is 0 Å². The van der Waals surface area contributed by atoms with Gasteiger partial charge >= 0.3 is 0 Å². The third kappa shape index (κ3) is 2.69. The minimum absolute atomic E-state index is 0.614. The molecule has 0 bridgehead atoms. The van der Waals surface area contributed by atoms with Crippen molar-refractivity contribution in [3.05, 3.63) is 12.2 Å². The van der Waals surface area contributed by atoms with Gasteiger partial charge < -0.3 is 5.73 Å². The molecule has 0 unspecified atom stereocenters. The molecule has 0 spiro atoms. The summed E-state index contributed by atoms with van der Waals surface area (Å²) in [6.45, 7) is 0.918. The number of allylic oxidation sites excluding steroid dienone is 1. The van der Waals surface area contributed by atoms with Crippen molar-refractivity contribution in [3.8, 4) is 0 Å². The lowest BCUT2D eigenvalue weighted by molar-refractivity contribution is 0.0651. The van der Waals surface area contributed by atoms with Gasteiger partial charge in [-0.15, -0.1) is 0 Å². The predicted molar refractivity (Wildman–Crippen MR) is 28.8 cm³/mol. The maximum absolute atomic E-state index is 11.9. The molecule has 0 aliphatic carbocycles. The van der Waals surface area contributed by atoms with Crippen LogP contribution in [0.4, 0.5) is 8.78 Å². The largest absolute Gasteiger partial charge is 0.325 e. The Morgan fingerprint density at radius 2 is 2.12 bits per heavy atom. The van der Waals surface area contributed by atoms with Crippen LogP contribution in [0, 0.1) is 0 Å². The maximum Gasteiger partial charge on any atom is 0.278 e. The van der Waals surface area contributed by atoms with Gasteiger partial charge in [-0.3, -0.25) is 0 Å². The molecule has 2 N–H and O–H groups in total. The van der Waals surface area contributed by atoms with E-state index in [1.54, 1.807) is 0 Å². The summed E-state index contributed by atoms with van der Waals surface area (Å²) in [5.41, 5.74) is 4.69. The molecular formula is C5H9F2N. The zero-order valence-electron chi connectivity index (χ0n) is 4.70. The van der Waals surface area contributed by atoms with Gasteiger partial charge in [-0.05, 0) is 13.0 Å². The van der Waals surface area contributed by atoms with E-state index in [4.69, 9.17) is 5.73 Å². The molecule has 0 fully saturated rings. The highest BCUT2D eigenvalue weighted by Crippen LogP contribution is 2.11. The first kappa shape index (κ1) is 7.56. The van der Waals surface area contributed by atoms with E-state index in [0.29, 0.717) is 0 Å². The lowest BCUT2D eigenvalue weighted by Crippen LogP contribution is -2.24. The molecule has 8 heavy (non-hydrogen) atoms. The zero-order valence-corrected chi connectivity index (χ0v) is 4.70. The Labute approximate surface area is 47.2 Å². The highest BCUT2D eigenvalue weighted by molar-refractivity contribution is 4.92. The maximum atomic E-state index is 11.9. The molecule has 0 aromatic rings. The van der Waals surface area contributed by atoms with E-state index >= 15 is 0 Å². The van der Waals surface area contributed by atoms with Gasteiger partial charge in [0.1, 0.15) is 0 Å². The normalized spacial score (nSPS) is 13.0. The monoisotopic (exact) mass is 121 g/mol. The van der Waals surface area contributed by atoms with Gasteiger partial charge in [-0.2, -0.15) is 0 Å². The van der Waals surface area contributed by atoms with Crippen LogP contribution in [-0.2, 0) is 0 Å². The molecule has 0 radical (unpaired) electrons. The minimum atomic E-state index is -2.81. The molecule has 0 amide bonds. The highest BCUT2D eigenvalue weighted by Gasteiger charge is 2.20. The van der Waals surface area contributed by atoms with Crippen molar-refractivity contribution in [3.63, 3.8) is 0 Å². The summed E-state index contributed by atoms with van der Waals surface area (Å²) in [4.78, 5) is 0. The third-order valence-electron chi connectivity index (χ3n) is 0.683. The standard InChI is InChI=1S/C5H9F2N/c1-2-3-5(6,7)4-8/h2-3H,4,8H2,1H3/b3-2+. The Hall–Kier alpha value is -0.440. The van der Waals surface area contributed by atoms with Crippen LogP contribution in [-0.4, -0.2) is 12.5 Å². The van der Waals surface area contributed by atoms with Crippen LogP contribution in [0.5, 0.6) is 0 Å². The topological polar surface area (TPSA) is 26.0 Å². The predicted octanol–water partition coefficient (Wildman–Crippen LogP) is 1.16. The van der Waals surface area contributed by atoms with E-state index < -0.39 is 12.5 Å². The summed E-state index contributed by atoms with van der Waals surface area (Å²) in [6.07, 6.45) is 2.07. The van der Waals surface area contributed by atoms with E-state index in [1.165, 1.54) is 13.0 Å². The summed E-state index contributed by atoms with van der Waals surface area (Å²) >= 11 is 0. The van der Waals surface area contributed by atoms with Crippen molar-refractivity contribution in [2.75, 3.05) is 6.54 Å². The van der Waals surface area contributed by atoms with Crippen LogP contribution in [0.25, 0.3) is 0 Å². The van der Waals surface area contributed by atoms with Crippen molar-refractivity contribution in [2.45, 2.75) is 12.8 Å². The van der Waals surface area contributed by atoms with Crippen molar-refractivity contribution in [2.24, 2.45) is 5.73 Å². The van der Waals surface area contributed by atoms with E-state index in [9.17, 15) is 8.78 Å². The lowest BCUT2D eigenvalue weighted by Gasteiger charge is -2.05. The average molecular weight is 121 g/mol. The fraction of sp³-hybridized carbons (Fsp3) is 0.600. The quantitative estimate of drug-likeness (QED) is 0.545. The summed E-state index contributed by atoms with van der Waals surface area (Å²) in [7, 11) is 0. The number of alkyl halides is 2. The molecule has 0 aromatic carbocycles. The molecule has 48 valence electrons. The summed E-state index contributed by atoms with van der Waals surface area (Å²) < 4.78 is 23.9. The van der Waals surface area contributed by atoms with Crippen LogP contribution in [0.15, 0.2) is 12.2 Å². The van der Waals surface area contributed by atoms with E-state index in [1.807, 2.05) is 0 Å². The third-order valence-corrected chi connectivity index (χ3v) is 0.683. The van der Waals surface area contributed by atoms with Crippen molar-refractivity contribution >= 4 is 0 Å². The smallest absolute Gasteiger partial charge is 0.278 e. The number of nitrogens with two attached hydrogens (primary N) is 1. The number of hydrogen-bond donors (Lipinski definition) is 1. The van der Waals surface area contributed by atoms with Gasteiger partial charge in [-0.25, -0.2) is 8.78 Å². The molecule has 0 aromatic heterocycles. The Bertz CT molecular complexity index is 88.4. The molecule has 0 atom stereocenters. The van der Waals surface area contributed by atoms with Gasteiger partial charge in [0.2, 0.25) is 0 Å². The molecule has 0 aliphatic heterocycles. The Kier molecular flexibility index (Phi) is 2.62. The average Bonchev–Trinajstić information content (AvgIpc) is 1.67. The lowest BCUT2D eigenvalue weighted by atomic mass is 10.3. The Balaban J connectivity index is 3.71. The molecule has 0 saturated heterocycles.